The van der Waals surface area contributed by atoms with Crippen molar-refractivity contribution in [3.8, 4) is 0 Å². The van der Waals surface area contributed by atoms with Gasteiger partial charge in [0.05, 0.1) is 6.26 Å². The average molecular weight is 228 g/mol. The van der Waals surface area contributed by atoms with E-state index in [1.165, 1.54) is 6.26 Å². The standard InChI is InChI=1S/C14H12O3/c1-9-4-5-11-10(7-9)8-13(17-11)14(15)12-3-2-6-16-12/h2-8,14-15H,1H3. The Balaban J connectivity index is 2.06. The third-order valence-corrected chi connectivity index (χ3v) is 2.77. The molecular weight excluding hydrogens is 216 g/mol. The van der Waals surface area contributed by atoms with E-state index in [0.717, 1.165) is 16.5 Å². The van der Waals surface area contributed by atoms with E-state index < -0.39 is 6.10 Å². The summed E-state index contributed by atoms with van der Waals surface area (Å²) in [6, 6.07) is 11.2. The lowest BCUT2D eigenvalue weighted by Gasteiger charge is -2.02. The van der Waals surface area contributed by atoms with Crippen LogP contribution < -0.4 is 0 Å². The minimum Gasteiger partial charge on any atom is -0.466 e. The summed E-state index contributed by atoms with van der Waals surface area (Å²) in [7, 11) is 0. The van der Waals surface area contributed by atoms with Crippen LogP contribution in [0.25, 0.3) is 11.0 Å². The summed E-state index contributed by atoms with van der Waals surface area (Å²) in [4.78, 5) is 0. The zero-order valence-electron chi connectivity index (χ0n) is 9.38. The highest BCUT2D eigenvalue weighted by atomic mass is 16.4. The summed E-state index contributed by atoms with van der Waals surface area (Å²) in [5.41, 5.74) is 1.94. The molecule has 0 radical (unpaired) electrons. The molecule has 0 aliphatic carbocycles. The highest BCUT2D eigenvalue weighted by Gasteiger charge is 2.17. The number of aliphatic hydroxyl groups excluding tert-OH is 1. The van der Waals surface area contributed by atoms with Gasteiger partial charge in [0.2, 0.25) is 0 Å². The summed E-state index contributed by atoms with van der Waals surface area (Å²) in [5, 5.41) is 11.1. The zero-order valence-corrected chi connectivity index (χ0v) is 9.38. The first-order valence-corrected chi connectivity index (χ1v) is 5.45. The molecule has 86 valence electrons. The third-order valence-electron chi connectivity index (χ3n) is 2.77. The average Bonchev–Trinajstić information content (AvgIpc) is 2.96. The minimum atomic E-state index is -0.849. The van der Waals surface area contributed by atoms with Crippen LogP contribution in [0.3, 0.4) is 0 Å². The molecule has 17 heavy (non-hydrogen) atoms. The summed E-state index contributed by atoms with van der Waals surface area (Å²) in [6.45, 7) is 2.02. The second kappa shape index (κ2) is 3.79. The Morgan fingerprint density at radius 3 is 2.76 bits per heavy atom. The Hall–Kier alpha value is -2.00. The molecule has 0 amide bonds. The molecule has 1 N–H and O–H groups in total. The van der Waals surface area contributed by atoms with Crippen LogP contribution in [0, 0.1) is 6.92 Å². The molecule has 3 rings (SSSR count). The largest absolute Gasteiger partial charge is 0.466 e. The maximum absolute atomic E-state index is 10.1. The van der Waals surface area contributed by atoms with Gasteiger partial charge in [0.15, 0.2) is 6.10 Å². The number of rotatable bonds is 2. The van der Waals surface area contributed by atoms with Gasteiger partial charge in [-0.3, -0.25) is 0 Å². The second-order valence-corrected chi connectivity index (χ2v) is 4.11. The predicted octanol–water partition coefficient (Wildman–Crippen LogP) is 3.42. The van der Waals surface area contributed by atoms with Gasteiger partial charge in [-0.1, -0.05) is 11.6 Å². The molecule has 1 aromatic carbocycles. The first kappa shape index (κ1) is 10.2. The molecule has 0 fully saturated rings. The maximum atomic E-state index is 10.1. The van der Waals surface area contributed by atoms with Crippen molar-refractivity contribution in [3.05, 3.63) is 59.7 Å². The van der Waals surface area contributed by atoms with E-state index >= 15 is 0 Å². The number of hydrogen-bond donors (Lipinski definition) is 1. The zero-order chi connectivity index (χ0) is 11.8. The van der Waals surface area contributed by atoms with E-state index in [2.05, 4.69) is 0 Å². The van der Waals surface area contributed by atoms with E-state index in [4.69, 9.17) is 8.83 Å². The number of hydrogen-bond acceptors (Lipinski definition) is 3. The fourth-order valence-electron chi connectivity index (χ4n) is 1.91. The number of fused-ring (bicyclic) bond motifs is 1. The van der Waals surface area contributed by atoms with Crippen LogP contribution in [0.1, 0.15) is 23.2 Å². The molecule has 1 unspecified atom stereocenters. The smallest absolute Gasteiger partial charge is 0.169 e. The first-order valence-electron chi connectivity index (χ1n) is 5.45. The van der Waals surface area contributed by atoms with Gasteiger partial charge in [-0.05, 0) is 37.3 Å². The number of benzene rings is 1. The second-order valence-electron chi connectivity index (χ2n) is 4.11. The quantitative estimate of drug-likeness (QED) is 0.731. The van der Waals surface area contributed by atoms with Gasteiger partial charge >= 0.3 is 0 Å². The highest BCUT2D eigenvalue weighted by Crippen LogP contribution is 2.28. The first-order chi connectivity index (χ1) is 8.24. The molecule has 0 bridgehead atoms. The van der Waals surface area contributed by atoms with Crippen molar-refractivity contribution in [1.29, 1.82) is 0 Å². The molecule has 2 heterocycles. The van der Waals surface area contributed by atoms with Gasteiger partial charge < -0.3 is 13.9 Å². The molecule has 0 spiro atoms. The monoisotopic (exact) mass is 228 g/mol. The van der Waals surface area contributed by atoms with Crippen molar-refractivity contribution in [1.82, 2.24) is 0 Å². The van der Waals surface area contributed by atoms with E-state index in [-0.39, 0.29) is 0 Å². The minimum absolute atomic E-state index is 0.487. The van der Waals surface area contributed by atoms with Crippen LogP contribution in [0.15, 0.2) is 51.5 Å². The van der Waals surface area contributed by atoms with Crippen molar-refractivity contribution < 1.29 is 13.9 Å². The molecule has 3 heteroatoms. The van der Waals surface area contributed by atoms with Crippen LogP contribution in [0.4, 0.5) is 0 Å². The van der Waals surface area contributed by atoms with Crippen LogP contribution in [0.2, 0.25) is 0 Å². The van der Waals surface area contributed by atoms with Crippen molar-refractivity contribution in [2.45, 2.75) is 13.0 Å². The van der Waals surface area contributed by atoms with E-state index in [0.29, 0.717) is 11.5 Å². The lowest BCUT2D eigenvalue weighted by atomic mass is 10.1. The molecule has 0 saturated heterocycles. The van der Waals surface area contributed by atoms with Crippen LogP contribution in [-0.4, -0.2) is 5.11 Å². The Bertz CT molecular complexity index is 635. The number of aryl methyl sites for hydroxylation is 1. The SMILES string of the molecule is Cc1ccc2oc(C(O)c3ccco3)cc2c1. The van der Waals surface area contributed by atoms with Gasteiger partial charge in [-0.15, -0.1) is 0 Å². The summed E-state index contributed by atoms with van der Waals surface area (Å²) in [6.07, 6.45) is 0.684. The molecule has 3 aromatic rings. The Morgan fingerprint density at radius 2 is 2.00 bits per heavy atom. The van der Waals surface area contributed by atoms with Gasteiger partial charge in [-0.2, -0.15) is 0 Å². The third kappa shape index (κ3) is 1.74. The van der Waals surface area contributed by atoms with Crippen molar-refractivity contribution in [2.24, 2.45) is 0 Å². The van der Waals surface area contributed by atoms with Crippen molar-refractivity contribution in [2.75, 3.05) is 0 Å². The van der Waals surface area contributed by atoms with E-state index in [1.807, 2.05) is 31.2 Å². The van der Waals surface area contributed by atoms with Gasteiger partial charge in [0.25, 0.3) is 0 Å². The van der Waals surface area contributed by atoms with Crippen LogP contribution >= 0.6 is 0 Å². The van der Waals surface area contributed by atoms with E-state index in [9.17, 15) is 5.11 Å². The number of furan rings is 2. The Morgan fingerprint density at radius 1 is 1.12 bits per heavy atom. The van der Waals surface area contributed by atoms with Crippen LogP contribution in [-0.2, 0) is 0 Å². The molecule has 0 aliphatic rings. The topological polar surface area (TPSA) is 46.5 Å². The fraction of sp³-hybridized carbons (Fsp3) is 0.143. The maximum Gasteiger partial charge on any atom is 0.169 e. The summed E-state index contributed by atoms with van der Waals surface area (Å²) >= 11 is 0. The molecule has 3 nitrogen and oxygen atoms in total. The van der Waals surface area contributed by atoms with Gasteiger partial charge in [0.1, 0.15) is 17.1 Å². The molecule has 0 aliphatic heterocycles. The summed E-state index contributed by atoms with van der Waals surface area (Å²) in [5.74, 6) is 0.987. The van der Waals surface area contributed by atoms with Gasteiger partial charge in [-0.25, -0.2) is 0 Å². The fourth-order valence-corrected chi connectivity index (χ4v) is 1.91. The summed E-state index contributed by atoms with van der Waals surface area (Å²) < 4.78 is 10.8. The highest BCUT2D eigenvalue weighted by molar-refractivity contribution is 5.78. The van der Waals surface area contributed by atoms with Crippen molar-refractivity contribution in [3.63, 3.8) is 0 Å². The molecular formula is C14H12O3. The van der Waals surface area contributed by atoms with E-state index in [1.54, 1.807) is 12.1 Å². The lowest BCUT2D eigenvalue weighted by Crippen LogP contribution is -1.95. The Kier molecular flexibility index (Phi) is 2.27. The predicted molar refractivity (Wildman–Crippen MR) is 63.7 cm³/mol. The normalized spacial score (nSPS) is 13.1. The molecule has 0 saturated carbocycles. The Labute approximate surface area is 98.3 Å². The van der Waals surface area contributed by atoms with Crippen molar-refractivity contribution >= 4 is 11.0 Å². The molecule has 1 atom stereocenters. The lowest BCUT2D eigenvalue weighted by molar-refractivity contribution is 0.165. The number of aliphatic hydroxyl groups is 1. The molecule has 2 aromatic heterocycles. The van der Waals surface area contributed by atoms with Gasteiger partial charge in [0, 0.05) is 5.39 Å². The van der Waals surface area contributed by atoms with Crippen LogP contribution in [0.5, 0.6) is 0 Å².